The van der Waals surface area contributed by atoms with Crippen molar-refractivity contribution in [2.75, 3.05) is 13.2 Å². The molecule has 2 N–H and O–H groups in total. The Morgan fingerprint density at radius 3 is 2.76 bits per heavy atom. The van der Waals surface area contributed by atoms with Crippen LogP contribution in [-0.2, 0) is 0 Å². The third-order valence-electron chi connectivity index (χ3n) is 3.15. The van der Waals surface area contributed by atoms with Gasteiger partial charge < -0.3 is 10.4 Å². The Labute approximate surface area is 122 Å². The second-order valence-electron chi connectivity index (χ2n) is 4.95. The molecule has 1 aromatic heterocycles. The fourth-order valence-electron chi connectivity index (χ4n) is 1.86. The Bertz CT molecular complexity index is 595. The molecule has 0 aliphatic rings. The van der Waals surface area contributed by atoms with Crippen molar-refractivity contribution in [1.29, 1.82) is 0 Å². The molecule has 0 aliphatic heterocycles. The van der Waals surface area contributed by atoms with Gasteiger partial charge in [-0.05, 0) is 42.7 Å². The average molecular weight is 291 g/mol. The van der Waals surface area contributed by atoms with E-state index in [1.165, 1.54) is 16.8 Å². The van der Waals surface area contributed by atoms with Gasteiger partial charge in [0, 0.05) is 19.3 Å². The third-order valence-corrected chi connectivity index (χ3v) is 3.15. The summed E-state index contributed by atoms with van der Waals surface area (Å²) >= 11 is 0. The number of aliphatic hydroxyl groups is 1. The first kappa shape index (κ1) is 15.2. The van der Waals surface area contributed by atoms with Crippen LogP contribution in [0.1, 0.15) is 23.8 Å². The van der Waals surface area contributed by atoms with Crippen molar-refractivity contribution in [2.24, 2.45) is 5.92 Å². The van der Waals surface area contributed by atoms with Crippen LogP contribution in [0.15, 0.2) is 36.5 Å². The van der Waals surface area contributed by atoms with Crippen LogP contribution >= 0.6 is 0 Å². The quantitative estimate of drug-likeness (QED) is 0.852. The lowest BCUT2D eigenvalue weighted by atomic mass is 10.1. The van der Waals surface area contributed by atoms with Gasteiger partial charge in [-0.1, -0.05) is 6.92 Å². The van der Waals surface area contributed by atoms with Gasteiger partial charge in [0.05, 0.1) is 5.69 Å². The number of hydrogen-bond donors (Lipinski definition) is 2. The number of benzene rings is 1. The number of hydrogen-bond acceptors (Lipinski definition) is 3. The first-order valence-corrected chi connectivity index (χ1v) is 6.81. The molecule has 0 fully saturated rings. The first-order valence-electron chi connectivity index (χ1n) is 6.81. The van der Waals surface area contributed by atoms with E-state index in [-0.39, 0.29) is 24.2 Å². The predicted molar refractivity (Wildman–Crippen MR) is 76.7 cm³/mol. The molecule has 1 atom stereocenters. The van der Waals surface area contributed by atoms with Crippen molar-refractivity contribution < 1.29 is 14.3 Å². The van der Waals surface area contributed by atoms with Crippen molar-refractivity contribution in [2.45, 2.75) is 13.3 Å². The summed E-state index contributed by atoms with van der Waals surface area (Å²) < 4.78 is 14.4. The van der Waals surface area contributed by atoms with E-state index < -0.39 is 0 Å². The van der Waals surface area contributed by atoms with Crippen molar-refractivity contribution in [1.82, 2.24) is 15.1 Å². The van der Waals surface area contributed by atoms with Gasteiger partial charge in [0.1, 0.15) is 5.82 Å². The van der Waals surface area contributed by atoms with Crippen LogP contribution in [0.25, 0.3) is 5.69 Å². The number of rotatable bonds is 6. The fourth-order valence-corrected chi connectivity index (χ4v) is 1.86. The van der Waals surface area contributed by atoms with Crippen LogP contribution in [0.4, 0.5) is 4.39 Å². The minimum Gasteiger partial charge on any atom is -0.396 e. The smallest absolute Gasteiger partial charge is 0.271 e. The summed E-state index contributed by atoms with van der Waals surface area (Å²) in [4.78, 5) is 11.9. The molecule has 1 amide bonds. The normalized spacial score (nSPS) is 12.1. The molecular weight excluding hydrogens is 273 g/mol. The monoisotopic (exact) mass is 291 g/mol. The van der Waals surface area contributed by atoms with E-state index in [2.05, 4.69) is 10.4 Å². The largest absolute Gasteiger partial charge is 0.396 e. The highest BCUT2D eigenvalue weighted by molar-refractivity contribution is 5.92. The summed E-state index contributed by atoms with van der Waals surface area (Å²) in [6.45, 7) is 2.55. The maximum absolute atomic E-state index is 12.9. The second kappa shape index (κ2) is 6.99. The topological polar surface area (TPSA) is 67.2 Å². The number of nitrogens with zero attached hydrogens (tertiary/aromatic N) is 2. The molecule has 1 heterocycles. The number of nitrogens with one attached hydrogen (secondary N) is 1. The summed E-state index contributed by atoms with van der Waals surface area (Å²) in [5.74, 6) is -0.375. The molecule has 1 aromatic carbocycles. The van der Waals surface area contributed by atoms with Crippen LogP contribution < -0.4 is 5.32 Å². The van der Waals surface area contributed by atoms with Crippen LogP contribution in [-0.4, -0.2) is 33.9 Å². The lowest BCUT2D eigenvalue weighted by molar-refractivity contribution is 0.0940. The first-order chi connectivity index (χ1) is 10.1. The Morgan fingerprint density at radius 2 is 2.10 bits per heavy atom. The maximum Gasteiger partial charge on any atom is 0.271 e. The summed E-state index contributed by atoms with van der Waals surface area (Å²) in [6, 6.07) is 7.47. The lowest BCUT2D eigenvalue weighted by Crippen LogP contribution is -2.29. The molecule has 0 radical (unpaired) electrons. The van der Waals surface area contributed by atoms with Gasteiger partial charge in [0.25, 0.3) is 5.91 Å². The molecule has 0 saturated heterocycles. The van der Waals surface area contributed by atoms with Crippen LogP contribution in [0.5, 0.6) is 0 Å². The second-order valence-corrected chi connectivity index (χ2v) is 4.95. The predicted octanol–water partition coefficient (Wildman–Crippen LogP) is 1.76. The molecule has 0 spiro atoms. The molecule has 0 bridgehead atoms. The Hall–Kier alpha value is -2.21. The van der Waals surface area contributed by atoms with E-state index in [1.54, 1.807) is 24.4 Å². The molecule has 21 heavy (non-hydrogen) atoms. The third kappa shape index (κ3) is 4.13. The summed E-state index contributed by atoms with van der Waals surface area (Å²) in [7, 11) is 0. The summed E-state index contributed by atoms with van der Waals surface area (Å²) in [6.07, 6.45) is 2.30. The number of carbonyl (C=O) groups is 1. The highest BCUT2D eigenvalue weighted by atomic mass is 19.1. The van der Waals surface area contributed by atoms with E-state index in [9.17, 15) is 9.18 Å². The van der Waals surface area contributed by atoms with Gasteiger partial charge in [-0.3, -0.25) is 4.79 Å². The summed E-state index contributed by atoms with van der Waals surface area (Å²) in [5.41, 5.74) is 0.986. The van der Waals surface area contributed by atoms with E-state index in [4.69, 9.17) is 5.11 Å². The minimum atomic E-state index is -0.318. The van der Waals surface area contributed by atoms with Gasteiger partial charge in [-0.25, -0.2) is 9.07 Å². The van der Waals surface area contributed by atoms with E-state index in [0.717, 1.165) is 0 Å². The Kier molecular flexibility index (Phi) is 5.05. The van der Waals surface area contributed by atoms with Gasteiger partial charge in [0.15, 0.2) is 5.69 Å². The number of carbonyl (C=O) groups excluding carboxylic acids is 1. The highest BCUT2D eigenvalue weighted by Crippen LogP contribution is 2.09. The minimum absolute atomic E-state index is 0.107. The van der Waals surface area contributed by atoms with Gasteiger partial charge >= 0.3 is 0 Å². The van der Waals surface area contributed by atoms with Crippen molar-refractivity contribution in [3.05, 3.63) is 48.0 Å². The zero-order chi connectivity index (χ0) is 15.2. The molecule has 2 aromatic rings. The Morgan fingerprint density at radius 1 is 1.38 bits per heavy atom. The zero-order valence-electron chi connectivity index (χ0n) is 11.8. The number of amides is 1. The van der Waals surface area contributed by atoms with Crippen LogP contribution in [0, 0.1) is 11.7 Å². The van der Waals surface area contributed by atoms with Gasteiger partial charge in [-0.2, -0.15) is 5.10 Å². The Balaban J connectivity index is 1.99. The molecule has 2 rings (SSSR count). The van der Waals surface area contributed by atoms with E-state index in [1.807, 2.05) is 6.92 Å². The van der Waals surface area contributed by atoms with E-state index >= 15 is 0 Å². The molecule has 6 heteroatoms. The highest BCUT2D eigenvalue weighted by Gasteiger charge is 2.11. The molecule has 1 unspecified atom stereocenters. The van der Waals surface area contributed by atoms with Gasteiger partial charge in [0.2, 0.25) is 0 Å². The van der Waals surface area contributed by atoms with Crippen molar-refractivity contribution in [3.63, 3.8) is 0 Å². The van der Waals surface area contributed by atoms with Gasteiger partial charge in [-0.15, -0.1) is 0 Å². The summed E-state index contributed by atoms with van der Waals surface area (Å²) in [5, 5.41) is 15.8. The number of halogens is 1. The van der Waals surface area contributed by atoms with Crippen LogP contribution in [0.2, 0.25) is 0 Å². The molecule has 5 nitrogen and oxygen atoms in total. The van der Waals surface area contributed by atoms with Crippen molar-refractivity contribution in [3.8, 4) is 5.69 Å². The molecule has 112 valence electrons. The average Bonchev–Trinajstić information content (AvgIpc) is 2.96. The van der Waals surface area contributed by atoms with Crippen molar-refractivity contribution >= 4 is 5.91 Å². The number of aromatic nitrogens is 2. The molecular formula is C15H18FN3O2. The molecule has 0 saturated carbocycles. The van der Waals surface area contributed by atoms with Crippen LogP contribution in [0.3, 0.4) is 0 Å². The maximum atomic E-state index is 12.9. The fraction of sp³-hybridized carbons (Fsp3) is 0.333. The SMILES string of the molecule is CC(CCO)CNC(=O)c1ccn(-c2ccc(F)cc2)n1. The lowest BCUT2D eigenvalue weighted by Gasteiger charge is -2.09. The van der Waals surface area contributed by atoms with E-state index in [0.29, 0.717) is 24.3 Å². The standard InChI is InChI=1S/C15H18FN3O2/c1-11(7-9-20)10-17-15(21)14-6-8-19(18-14)13-4-2-12(16)3-5-13/h2-6,8,11,20H,7,9-10H2,1H3,(H,17,21). The zero-order valence-corrected chi connectivity index (χ0v) is 11.8. The number of aliphatic hydroxyl groups excluding tert-OH is 1. The molecule has 0 aliphatic carbocycles.